The summed E-state index contributed by atoms with van der Waals surface area (Å²) in [5.74, 6) is -1.67. The zero-order chi connectivity index (χ0) is 24.5. The number of hydrogen-bond acceptors (Lipinski definition) is 4. The molecule has 0 radical (unpaired) electrons. The summed E-state index contributed by atoms with van der Waals surface area (Å²) in [5.41, 5.74) is 2.63. The van der Waals surface area contributed by atoms with Gasteiger partial charge in [0, 0.05) is 5.69 Å². The molecule has 6 nitrogen and oxygen atoms in total. The van der Waals surface area contributed by atoms with Crippen molar-refractivity contribution >= 4 is 23.5 Å². The van der Waals surface area contributed by atoms with Gasteiger partial charge in [-0.25, -0.2) is 4.79 Å². The van der Waals surface area contributed by atoms with E-state index in [4.69, 9.17) is 4.74 Å². The molecule has 3 rings (SSSR count). The van der Waals surface area contributed by atoms with Crippen molar-refractivity contribution in [2.75, 3.05) is 11.9 Å². The monoisotopic (exact) mass is 458 g/mol. The summed E-state index contributed by atoms with van der Waals surface area (Å²) in [7, 11) is 0. The van der Waals surface area contributed by atoms with Crippen LogP contribution in [0.2, 0.25) is 0 Å². The fourth-order valence-electron chi connectivity index (χ4n) is 3.68. The van der Waals surface area contributed by atoms with E-state index < -0.39 is 17.9 Å². The van der Waals surface area contributed by atoms with Gasteiger partial charge in [-0.05, 0) is 48.2 Å². The van der Waals surface area contributed by atoms with Crippen molar-refractivity contribution in [3.63, 3.8) is 0 Å². The largest absolute Gasteiger partial charge is 0.462 e. The smallest absolute Gasteiger partial charge is 0.338 e. The number of ether oxygens (including phenoxy) is 1. The molecular weight excluding hydrogens is 428 g/mol. The molecule has 2 amide bonds. The number of carbonyl (C=O) groups excluding carboxylic acids is 3. The molecule has 0 fully saturated rings. The van der Waals surface area contributed by atoms with Gasteiger partial charge in [-0.2, -0.15) is 0 Å². The fourth-order valence-corrected chi connectivity index (χ4v) is 3.68. The Morgan fingerprint density at radius 1 is 0.765 bits per heavy atom. The van der Waals surface area contributed by atoms with Gasteiger partial charge in [0.25, 0.3) is 0 Å². The molecule has 176 valence electrons. The van der Waals surface area contributed by atoms with Crippen molar-refractivity contribution in [1.82, 2.24) is 5.32 Å². The highest BCUT2D eigenvalue weighted by atomic mass is 16.5. The molecule has 0 unspecified atom stereocenters. The number of rotatable bonds is 9. The van der Waals surface area contributed by atoms with Gasteiger partial charge in [0.1, 0.15) is 6.04 Å². The van der Waals surface area contributed by atoms with E-state index in [2.05, 4.69) is 10.6 Å². The Morgan fingerprint density at radius 2 is 1.29 bits per heavy atom. The minimum atomic E-state index is -0.743. The van der Waals surface area contributed by atoms with E-state index in [0.717, 1.165) is 11.1 Å². The number of esters is 1. The Morgan fingerprint density at radius 3 is 1.76 bits per heavy atom. The van der Waals surface area contributed by atoms with Crippen LogP contribution in [0.15, 0.2) is 84.9 Å². The average Bonchev–Trinajstić information content (AvgIpc) is 2.84. The third-order valence-electron chi connectivity index (χ3n) is 5.44. The van der Waals surface area contributed by atoms with E-state index >= 15 is 0 Å². The second-order valence-electron chi connectivity index (χ2n) is 8.27. The van der Waals surface area contributed by atoms with E-state index in [-0.39, 0.29) is 17.7 Å². The Balaban J connectivity index is 1.77. The lowest BCUT2D eigenvalue weighted by molar-refractivity contribution is -0.127. The third-order valence-corrected chi connectivity index (χ3v) is 5.44. The number of benzene rings is 3. The van der Waals surface area contributed by atoms with Crippen LogP contribution in [0, 0.1) is 5.92 Å². The molecule has 0 saturated carbocycles. The minimum absolute atomic E-state index is 0.144. The molecule has 0 spiro atoms. The summed E-state index contributed by atoms with van der Waals surface area (Å²) in [6.07, 6.45) is 0. The fraction of sp³-hybridized carbons (Fsp3) is 0.250. The maximum absolute atomic E-state index is 13.5. The normalized spacial score (nSPS) is 11.7. The maximum Gasteiger partial charge on any atom is 0.338 e. The van der Waals surface area contributed by atoms with E-state index in [1.807, 2.05) is 74.5 Å². The lowest BCUT2D eigenvalue weighted by Gasteiger charge is -2.25. The maximum atomic E-state index is 13.5. The molecule has 3 aromatic carbocycles. The van der Waals surface area contributed by atoms with E-state index in [1.165, 1.54) is 0 Å². The van der Waals surface area contributed by atoms with Gasteiger partial charge in [0.15, 0.2) is 0 Å². The highest BCUT2D eigenvalue weighted by Crippen LogP contribution is 2.25. The van der Waals surface area contributed by atoms with Gasteiger partial charge in [0.05, 0.1) is 18.1 Å². The summed E-state index contributed by atoms with van der Waals surface area (Å²) >= 11 is 0. The van der Waals surface area contributed by atoms with Crippen LogP contribution >= 0.6 is 0 Å². The number of nitrogens with one attached hydrogen (secondary N) is 2. The average molecular weight is 459 g/mol. The predicted molar refractivity (Wildman–Crippen MR) is 133 cm³/mol. The molecule has 2 N–H and O–H groups in total. The van der Waals surface area contributed by atoms with Gasteiger partial charge < -0.3 is 15.4 Å². The van der Waals surface area contributed by atoms with E-state index in [0.29, 0.717) is 17.9 Å². The summed E-state index contributed by atoms with van der Waals surface area (Å²) in [4.78, 5) is 38.4. The first-order chi connectivity index (χ1) is 16.4. The van der Waals surface area contributed by atoms with E-state index in [1.54, 1.807) is 31.2 Å². The summed E-state index contributed by atoms with van der Waals surface area (Å²) in [5, 5.41) is 5.79. The first-order valence-corrected chi connectivity index (χ1v) is 11.4. The highest BCUT2D eigenvalue weighted by molar-refractivity contribution is 5.99. The van der Waals surface area contributed by atoms with Crippen molar-refractivity contribution < 1.29 is 19.1 Å². The first-order valence-electron chi connectivity index (χ1n) is 11.4. The summed E-state index contributed by atoms with van der Waals surface area (Å²) < 4.78 is 4.98. The SMILES string of the molecule is CCOC(=O)c1ccc(NC(=O)[C@H](NC(=O)C(c2ccccc2)c2ccccc2)C(C)C)cc1. The van der Waals surface area contributed by atoms with Crippen molar-refractivity contribution in [2.24, 2.45) is 5.92 Å². The molecule has 0 bridgehead atoms. The standard InChI is InChI=1S/C28H30N2O4/c1-4-34-28(33)22-15-17-23(18-16-22)29-27(32)25(19(2)3)30-26(31)24(20-11-7-5-8-12-20)21-13-9-6-10-14-21/h5-19,24-25H,4H2,1-3H3,(H,29,32)(H,30,31)/t25-/m1/s1. The van der Waals surface area contributed by atoms with Gasteiger partial charge >= 0.3 is 5.97 Å². The molecule has 0 aliphatic heterocycles. The predicted octanol–water partition coefficient (Wildman–Crippen LogP) is 4.77. The first kappa shape index (κ1) is 24.7. The molecular formula is C28H30N2O4. The molecule has 0 saturated heterocycles. The third kappa shape index (κ3) is 6.32. The molecule has 1 atom stereocenters. The van der Waals surface area contributed by atoms with Crippen molar-refractivity contribution in [3.8, 4) is 0 Å². The van der Waals surface area contributed by atoms with Gasteiger partial charge in [0.2, 0.25) is 11.8 Å². The molecule has 0 aliphatic rings. The summed E-state index contributed by atoms with van der Waals surface area (Å²) in [6.45, 7) is 5.80. The van der Waals surface area contributed by atoms with Crippen LogP contribution in [0.4, 0.5) is 5.69 Å². The quantitative estimate of drug-likeness (QED) is 0.452. The van der Waals surface area contributed by atoms with Gasteiger partial charge in [-0.1, -0.05) is 74.5 Å². The second-order valence-corrected chi connectivity index (χ2v) is 8.27. The molecule has 0 aromatic heterocycles. The zero-order valence-electron chi connectivity index (χ0n) is 19.7. The molecule has 6 heteroatoms. The van der Waals surface area contributed by atoms with Crippen LogP contribution < -0.4 is 10.6 Å². The topological polar surface area (TPSA) is 84.5 Å². The number of carbonyl (C=O) groups is 3. The van der Waals surface area contributed by atoms with Crippen LogP contribution in [-0.4, -0.2) is 30.4 Å². The Kier molecular flexibility index (Phi) is 8.57. The number of hydrogen-bond donors (Lipinski definition) is 2. The van der Waals surface area contributed by atoms with E-state index in [9.17, 15) is 14.4 Å². The molecule has 0 aliphatic carbocycles. The zero-order valence-corrected chi connectivity index (χ0v) is 19.7. The lowest BCUT2D eigenvalue weighted by atomic mass is 9.89. The highest BCUT2D eigenvalue weighted by Gasteiger charge is 2.29. The van der Waals surface area contributed by atoms with Crippen molar-refractivity contribution in [1.29, 1.82) is 0 Å². The van der Waals surface area contributed by atoms with Crippen LogP contribution in [0.1, 0.15) is 48.2 Å². The molecule has 0 heterocycles. The van der Waals surface area contributed by atoms with Gasteiger partial charge in [-0.3, -0.25) is 9.59 Å². The number of amides is 2. The lowest BCUT2D eigenvalue weighted by Crippen LogP contribution is -2.48. The van der Waals surface area contributed by atoms with Crippen LogP contribution in [-0.2, 0) is 14.3 Å². The number of anilines is 1. The Hall–Kier alpha value is -3.93. The van der Waals surface area contributed by atoms with Crippen molar-refractivity contribution in [2.45, 2.75) is 32.7 Å². The van der Waals surface area contributed by atoms with Crippen LogP contribution in [0.25, 0.3) is 0 Å². The molecule has 3 aromatic rings. The van der Waals surface area contributed by atoms with Crippen LogP contribution in [0.3, 0.4) is 0 Å². The van der Waals surface area contributed by atoms with Crippen LogP contribution in [0.5, 0.6) is 0 Å². The van der Waals surface area contributed by atoms with Gasteiger partial charge in [-0.15, -0.1) is 0 Å². The summed E-state index contributed by atoms with van der Waals surface area (Å²) in [6, 6.07) is 24.7. The van der Waals surface area contributed by atoms with Crippen molar-refractivity contribution in [3.05, 3.63) is 102 Å². The minimum Gasteiger partial charge on any atom is -0.462 e. The Bertz CT molecular complexity index is 1060. The second kappa shape index (κ2) is 11.8. The Labute approximate surface area is 200 Å². The molecule has 34 heavy (non-hydrogen) atoms.